The van der Waals surface area contributed by atoms with Crippen LogP contribution in [0, 0.1) is 0 Å². The molecule has 0 spiro atoms. The van der Waals surface area contributed by atoms with Gasteiger partial charge < -0.3 is 9.15 Å². The Morgan fingerprint density at radius 1 is 0.720 bits per heavy atom. The zero-order chi connectivity index (χ0) is 17.1. The monoisotopic (exact) mass is 327 g/mol. The van der Waals surface area contributed by atoms with E-state index in [1.165, 1.54) is 11.1 Å². The second-order valence-electron chi connectivity index (χ2n) is 5.67. The molecule has 4 rings (SSSR count). The molecule has 0 aliphatic rings. The van der Waals surface area contributed by atoms with E-state index < -0.39 is 0 Å². The van der Waals surface area contributed by atoms with Gasteiger partial charge in [0.25, 0.3) is 0 Å². The topological polar surface area (TPSA) is 35.3 Å². The number of para-hydroxylation sites is 1. The van der Waals surface area contributed by atoms with E-state index >= 15 is 0 Å². The molecule has 0 N–H and O–H groups in total. The maximum Gasteiger partial charge on any atom is 0.230 e. The van der Waals surface area contributed by atoms with Gasteiger partial charge in [-0.05, 0) is 23.3 Å². The van der Waals surface area contributed by atoms with Crippen LogP contribution in [0.15, 0.2) is 89.5 Å². The Bertz CT molecular complexity index is 972. The van der Waals surface area contributed by atoms with Crippen LogP contribution in [0.25, 0.3) is 33.9 Å². The lowest BCUT2D eigenvalue weighted by molar-refractivity contribution is 0.414. The number of hydrogen-bond acceptors (Lipinski definition) is 3. The van der Waals surface area contributed by atoms with Crippen LogP contribution in [0.2, 0.25) is 0 Å². The zero-order valence-electron chi connectivity index (χ0n) is 13.8. The Morgan fingerprint density at radius 2 is 1.36 bits per heavy atom. The molecule has 0 atom stereocenters. The molecule has 0 bridgehead atoms. The van der Waals surface area contributed by atoms with Gasteiger partial charge in [-0.15, -0.1) is 0 Å². The maximum absolute atomic E-state index is 5.95. The summed E-state index contributed by atoms with van der Waals surface area (Å²) in [7, 11) is 1.64. The van der Waals surface area contributed by atoms with Crippen LogP contribution in [-0.4, -0.2) is 12.1 Å². The molecule has 3 heteroatoms. The second kappa shape index (κ2) is 6.65. The highest BCUT2D eigenvalue weighted by atomic mass is 16.5. The molecule has 0 aliphatic carbocycles. The highest BCUT2D eigenvalue weighted by molar-refractivity contribution is 5.69. The van der Waals surface area contributed by atoms with Crippen molar-refractivity contribution >= 4 is 0 Å². The second-order valence-corrected chi connectivity index (χ2v) is 5.67. The van der Waals surface area contributed by atoms with E-state index in [1.54, 1.807) is 13.3 Å². The maximum atomic E-state index is 5.95. The quantitative estimate of drug-likeness (QED) is 0.483. The molecular weight excluding hydrogens is 310 g/mol. The number of oxazole rings is 1. The number of hydrogen-bond donors (Lipinski definition) is 0. The van der Waals surface area contributed by atoms with Crippen molar-refractivity contribution in [3.05, 3.63) is 85.1 Å². The lowest BCUT2D eigenvalue weighted by atomic mass is 10.0. The first kappa shape index (κ1) is 15.2. The smallest absolute Gasteiger partial charge is 0.230 e. The molecule has 0 amide bonds. The molecule has 0 saturated carbocycles. The summed E-state index contributed by atoms with van der Waals surface area (Å²) in [6, 6.07) is 26.3. The summed E-state index contributed by atoms with van der Waals surface area (Å²) in [6.07, 6.45) is 1.75. The third kappa shape index (κ3) is 3.04. The minimum atomic E-state index is 0.555. The number of rotatable bonds is 4. The highest BCUT2D eigenvalue weighted by Gasteiger charge is 2.12. The van der Waals surface area contributed by atoms with Crippen molar-refractivity contribution in [1.29, 1.82) is 0 Å². The molecule has 3 nitrogen and oxygen atoms in total. The Labute approximate surface area is 146 Å². The van der Waals surface area contributed by atoms with Crippen LogP contribution < -0.4 is 4.74 Å². The Hall–Kier alpha value is -3.33. The van der Waals surface area contributed by atoms with E-state index in [0.29, 0.717) is 5.89 Å². The molecule has 3 aromatic carbocycles. The summed E-state index contributed by atoms with van der Waals surface area (Å²) < 4.78 is 11.3. The molecule has 0 unspecified atom stereocenters. The molecular formula is C22H17NO2. The van der Waals surface area contributed by atoms with E-state index in [0.717, 1.165) is 22.6 Å². The van der Waals surface area contributed by atoms with Gasteiger partial charge in [-0.3, -0.25) is 0 Å². The molecule has 25 heavy (non-hydrogen) atoms. The van der Waals surface area contributed by atoms with Crippen LogP contribution >= 0.6 is 0 Å². The number of aromatic nitrogens is 1. The summed E-state index contributed by atoms with van der Waals surface area (Å²) in [5, 5.41) is 0. The fourth-order valence-electron chi connectivity index (χ4n) is 2.81. The molecule has 122 valence electrons. The van der Waals surface area contributed by atoms with Crippen LogP contribution in [0.4, 0.5) is 0 Å². The molecule has 0 saturated heterocycles. The summed E-state index contributed by atoms with van der Waals surface area (Å²) in [5.74, 6) is 2.04. The van der Waals surface area contributed by atoms with Gasteiger partial charge >= 0.3 is 0 Å². The predicted molar refractivity (Wildman–Crippen MR) is 99.4 cm³/mol. The van der Waals surface area contributed by atoms with E-state index in [2.05, 4.69) is 41.4 Å². The van der Waals surface area contributed by atoms with Gasteiger partial charge in [-0.1, -0.05) is 66.7 Å². The minimum Gasteiger partial charge on any atom is -0.496 e. The first-order valence-electron chi connectivity index (χ1n) is 8.10. The Balaban J connectivity index is 1.64. The number of benzene rings is 3. The summed E-state index contributed by atoms with van der Waals surface area (Å²) >= 11 is 0. The first-order valence-corrected chi connectivity index (χ1v) is 8.10. The van der Waals surface area contributed by atoms with Crippen molar-refractivity contribution in [3.63, 3.8) is 0 Å². The fourth-order valence-corrected chi connectivity index (χ4v) is 2.81. The van der Waals surface area contributed by atoms with Gasteiger partial charge in [0, 0.05) is 5.56 Å². The predicted octanol–water partition coefficient (Wildman–Crippen LogP) is 5.68. The van der Waals surface area contributed by atoms with Crippen molar-refractivity contribution in [1.82, 2.24) is 4.98 Å². The van der Waals surface area contributed by atoms with Crippen LogP contribution in [0.3, 0.4) is 0 Å². The van der Waals surface area contributed by atoms with Crippen molar-refractivity contribution in [2.24, 2.45) is 0 Å². The number of methoxy groups -OCH3 is 1. The lowest BCUT2D eigenvalue weighted by Gasteiger charge is -2.04. The standard InChI is InChI=1S/C22H17NO2/c1-24-20-10-6-5-9-19(20)22-23-15-21(25-22)18-13-11-17(12-14-18)16-7-3-2-4-8-16/h2-15H,1H3. The molecule has 0 aliphatic heterocycles. The average Bonchev–Trinajstić information content (AvgIpc) is 3.19. The molecule has 4 aromatic rings. The van der Waals surface area contributed by atoms with Gasteiger partial charge in [-0.2, -0.15) is 0 Å². The molecule has 1 aromatic heterocycles. The zero-order valence-corrected chi connectivity index (χ0v) is 13.8. The van der Waals surface area contributed by atoms with Crippen molar-refractivity contribution in [2.45, 2.75) is 0 Å². The number of nitrogens with zero attached hydrogens (tertiary/aromatic N) is 1. The van der Waals surface area contributed by atoms with Crippen LogP contribution in [0.5, 0.6) is 5.75 Å². The molecule has 1 heterocycles. The number of ether oxygens (including phenoxy) is 1. The normalized spacial score (nSPS) is 10.6. The van der Waals surface area contributed by atoms with E-state index in [1.807, 2.05) is 42.5 Å². The van der Waals surface area contributed by atoms with E-state index in [9.17, 15) is 0 Å². The average molecular weight is 327 g/mol. The largest absolute Gasteiger partial charge is 0.496 e. The van der Waals surface area contributed by atoms with E-state index in [4.69, 9.17) is 9.15 Å². The highest BCUT2D eigenvalue weighted by Crippen LogP contribution is 2.32. The summed E-state index contributed by atoms with van der Waals surface area (Å²) in [5.41, 5.74) is 4.21. The van der Waals surface area contributed by atoms with Crippen molar-refractivity contribution in [2.75, 3.05) is 7.11 Å². The molecule has 0 radical (unpaired) electrons. The van der Waals surface area contributed by atoms with Crippen LogP contribution in [0.1, 0.15) is 0 Å². The SMILES string of the molecule is COc1ccccc1-c1ncc(-c2ccc(-c3ccccc3)cc2)o1. The first-order chi connectivity index (χ1) is 12.3. The van der Waals surface area contributed by atoms with Gasteiger partial charge in [-0.25, -0.2) is 4.98 Å². The summed E-state index contributed by atoms with van der Waals surface area (Å²) in [6.45, 7) is 0. The van der Waals surface area contributed by atoms with Gasteiger partial charge in [0.05, 0.1) is 18.9 Å². The van der Waals surface area contributed by atoms with Gasteiger partial charge in [0.2, 0.25) is 5.89 Å². The summed E-state index contributed by atoms with van der Waals surface area (Å²) in [4.78, 5) is 4.41. The Morgan fingerprint density at radius 3 is 2.12 bits per heavy atom. The lowest BCUT2D eigenvalue weighted by Crippen LogP contribution is -1.86. The minimum absolute atomic E-state index is 0.555. The third-order valence-corrected chi connectivity index (χ3v) is 4.12. The van der Waals surface area contributed by atoms with Crippen molar-refractivity contribution in [3.8, 4) is 39.7 Å². The van der Waals surface area contributed by atoms with Gasteiger partial charge in [0.1, 0.15) is 5.75 Å². The third-order valence-electron chi connectivity index (χ3n) is 4.12. The van der Waals surface area contributed by atoms with Gasteiger partial charge in [0.15, 0.2) is 5.76 Å². The molecule has 0 fully saturated rings. The van der Waals surface area contributed by atoms with Crippen molar-refractivity contribution < 1.29 is 9.15 Å². The Kier molecular flexibility index (Phi) is 4.05. The van der Waals surface area contributed by atoms with E-state index in [-0.39, 0.29) is 0 Å². The fraction of sp³-hybridized carbons (Fsp3) is 0.0455. The van der Waals surface area contributed by atoms with Crippen LogP contribution in [-0.2, 0) is 0 Å².